The summed E-state index contributed by atoms with van der Waals surface area (Å²) in [7, 11) is 0. The highest BCUT2D eigenvalue weighted by Gasteiger charge is 2.12. The quantitative estimate of drug-likeness (QED) is 0.488. The number of amides is 1. The molecule has 8 heteroatoms. The summed E-state index contributed by atoms with van der Waals surface area (Å²) in [4.78, 5) is 20.9. The minimum atomic E-state index is -0.135. The molecule has 0 aliphatic carbocycles. The summed E-state index contributed by atoms with van der Waals surface area (Å²) in [6, 6.07) is 14.8. The first kappa shape index (κ1) is 19.8. The maximum Gasteiger partial charge on any atom is 0.251 e. The number of rotatable bonds is 7. The van der Waals surface area contributed by atoms with E-state index >= 15 is 0 Å². The van der Waals surface area contributed by atoms with E-state index in [1.165, 1.54) is 6.33 Å². The Morgan fingerprint density at radius 3 is 2.57 bits per heavy atom. The van der Waals surface area contributed by atoms with Crippen molar-refractivity contribution in [1.82, 2.24) is 25.1 Å². The first-order valence-electron chi connectivity index (χ1n) is 9.48. The van der Waals surface area contributed by atoms with Gasteiger partial charge in [-0.05, 0) is 55.8 Å². The zero-order valence-electron chi connectivity index (χ0n) is 16.6. The van der Waals surface area contributed by atoms with Gasteiger partial charge in [0.25, 0.3) is 5.91 Å². The number of benzene rings is 2. The van der Waals surface area contributed by atoms with Crippen LogP contribution in [0.5, 0.6) is 5.75 Å². The number of thiazole rings is 1. The number of ether oxygens (including phenoxy) is 1. The Hall–Kier alpha value is -3.52. The molecule has 7 nitrogen and oxygen atoms in total. The average Bonchev–Trinajstić information content (AvgIpc) is 3.44. The van der Waals surface area contributed by atoms with Crippen molar-refractivity contribution in [3.63, 3.8) is 0 Å². The highest BCUT2D eigenvalue weighted by Crippen LogP contribution is 2.18. The molecular formula is C22H21N5O2S. The third-order valence-corrected chi connectivity index (χ3v) is 5.42. The second kappa shape index (κ2) is 8.87. The molecule has 4 aromatic rings. The van der Waals surface area contributed by atoms with Gasteiger partial charge in [0.05, 0.1) is 22.4 Å². The third-order valence-electron chi connectivity index (χ3n) is 4.59. The maximum atomic E-state index is 12.6. The van der Waals surface area contributed by atoms with Crippen molar-refractivity contribution in [2.75, 3.05) is 0 Å². The van der Waals surface area contributed by atoms with E-state index in [-0.39, 0.29) is 11.9 Å². The molecule has 1 amide bonds. The predicted octanol–water partition coefficient (Wildman–Crippen LogP) is 4.10. The fourth-order valence-electron chi connectivity index (χ4n) is 2.95. The van der Waals surface area contributed by atoms with Gasteiger partial charge >= 0.3 is 0 Å². The number of hydrogen-bond acceptors (Lipinski definition) is 6. The summed E-state index contributed by atoms with van der Waals surface area (Å²) >= 11 is 1.60. The van der Waals surface area contributed by atoms with Gasteiger partial charge in [-0.25, -0.2) is 14.6 Å². The zero-order chi connectivity index (χ0) is 20.9. The largest absolute Gasteiger partial charge is 0.487 e. The molecule has 0 bridgehead atoms. The topological polar surface area (TPSA) is 81.9 Å². The fraction of sp³-hybridized carbons (Fsp3) is 0.182. The van der Waals surface area contributed by atoms with Crippen LogP contribution in [-0.2, 0) is 6.61 Å². The number of carbonyl (C=O) groups is 1. The Balaban J connectivity index is 1.33. The summed E-state index contributed by atoms with van der Waals surface area (Å²) in [5, 5.41) is 10.1. The Morgan fingerprint density at radius 1 is 1.17 bits per heavy atom. The van der Waals surface area contributed by atoms with E-state index in [9.17, 15) is 4.79 Å². The molecule has 0 aliphatic heterocycles. The van der Waals surface area contributed by atoms with Crippen LogP contribution in [0.25, 0.3) is 5.69 Å². The fourth-order valence-corrected chi connectivity index (χ4v) is 3.55. The van der Waals surface area contributed by atoms with Crippen molar-refractivity contribution in [2.24, 2.45) is 0 Å². The number of carbonyl (C=O) groups excluding carboxylic acids is 1. The third kappa shape index (κ3) is 4.72. The van der Waals surface area contributed by atoms with E-state index in [0.717, 1.165) is 22.0 Å². The average molecular weight is 420 g/mol. The van der Waals surface area contributed by atoms with Crippen LogP contribution >= 0.6 is 11.3 Å². The molecule has 2 heterocycles. The smallest absolute Gasteiger partial charge is 0.251 e. The van der Waals surface area contributed by atoms with Crippen molar-refractivity contribution < 1.29 is 9.53 Å². The van der Waals surface area contributed by atoms with Crippen molar-refractivity contribution in [3.8, 4) is 11.4 Å². The lowest BCUT2D eigenvalue weighted by molar-refractivity contribution is 0.0940. The van der Waals surface area contributed by atoms with Crippen LogP contribution in [0.1, 0.15) is 39.6 Å². The molecule has 4 rings (SSSR count). The molecule has 0 saturated carbocycles. The molecule has 1 atom stereocenters. The van der Waals surface area contributed by atoms with Crippen LogP contribution in [-0.4, -0.2) is 25.7 Å². The molecular weight excluding hydrogens is 398 g/mol. The lowest BCUT2D eigenvalue weighted by atomic mass is 10.1. The molecule has 0 aliphatic rings. The van der Waals surface area contributed by atoms with Crippen LogP contribution in [0.3, 0.4) is 0 Å². The van der Waals surface area contributed by atoms with Crippen molar-refractivity contribution in [2.45, 2.75) is 26.5 Å². The summed E-state index contributed by atoms with van der Waals surface area (Å²) < 4.78 is 7.42. The van der Waals surface area contributed by atoms with Gasteiger partial charge in [-0.2, -0.15) is 5.10 Å². The zero-order valence-corrected chi connectivity index (χ0v) is 17.5. The first-order valence-corrected chi connectivity index (χ1v) is 10.4. The second-order valence-corrected chi connectivity index (χ2v) is 7.86. The van der Waals surface area contributed by atoms with Crippen molar-refractivity contribution in [3.05, 3.63) is 88.4 Å². The van der Waals surface area contributed by atoms with E-state index < -0.39 is 0 Å². The highest BCUT2D eigenvalue weighted by atomic mass is 32.1. The summed E-state index contributed by atoms with van der Waals surface area (Å²) in [5.74, 6) is 0.568. The van der Waals surface area contributed by atoms with Crippen LogP contribution in [0.2, 0.25) is 0 Å². The molecule has 0 saturated heterocycles. The maximum absolute atomic E-state index is 12.6. The van der Waals surface area contributed by atoms with E-state index in [2.05, 4.69) is 20.4 Å². The Kier molecular flexibility index (Phi) is 5.85. The Bertz CT molecular complexity index is 1110. The van der Waals surface area contributed by atoms with Gasteiger partial charge in [-0.1, -0.05) is 12.1 Å². The van der Waals surface area contributed by atoms with E-state index in [1.807, 2.05) is 43.5 Å². The van der Waals surface area contributed by atoms with Crippen LogP contribution in [0.4, 0.5) is 0 Å². The SMILES string of the molecule is Cc1nc(COc2ccc(C(=O)N[C@@H](C)c3ccc(-n4cncn4)cc3)cc2)cs1. The molecule has 2 aromatic heterocycles. The second-order valence-electron chi connectivity index (χ2n) is 6.80. The molecule has 0 fully saturated rings. The number of hydrogen-bond donors (Lipinski definition) is 1. The van der Waals surface area contributed by atoms with E-state index in [1.54, 1.807) is 46.6 Å². The molecule has 0 spiro atoms. The molecule has 152 valence electrons. The van der Waals surface area contributed by atoms with Crippen LogP contribution in [0, 0.1) is 6.92 Å². The molecule has 0 unspecified atom stereocenters. The van der Waals surface area contributed by atoms with Gasteiger partial charge in [0.15, 0.2) is 0 Å². The van der Waals surface area contributed by atoms with Gasteiger partial charge in [0.2, 0.25) is 0 Å². The Labute approximate surface area is 178 Å². The summed E-state index contributed by atoms with van der Waals surface area (Å²) in [6.07, 6.45) is 3.14. The first-order chi connectivity index (χ1) is 14.6. The minimum Gasteiger partial charge on any atom is -0.487 e. The van der Waals surface area contributed by atoms with Crippen molar-refractivity contribution in [1.29, 1.82) is 0 Å². The van der Waals surface area contributed by atoms with Crippen LogP contribution < -0.4 is 10.1 Å². The lowest BCUT2D eigenvalue weighted by Gasteiger charge is -2.15. The number of nitrogens with one attached hydrogen (secondary N) is 1. The van der Waals surface area contributed by atoms with E-state index in [4.69, 9.17) is 4.74 Å². The number of aryl methyl sites for hydroxylation is 1. The van der Waals surface area contributed by atoms with Gasteiger partial charge in [-0.3, -0.25) is 4.79 Å². The number of aromatic nitrogens is 4. The Morgan fingerprint density at radius 2 is 1.93 bits per heavy atom. The lowest BCUT2D eigenvalue weighted by Crippen LogP contribution is -2.26. The molecule has 30 heavy (non-hydrogen) atoms. The van der Waals surface area contributed by atoms with Gasteiger partial charge in [0.1, 0.15) is 25.0 Å². The van der Waals surface area contributed by atoms with Gasteiger partial charge < -0.3 is 10.1 Å². The highest BCUT2D eigenvalue weighted by molar-refractivity contribution is 7.09. The van der Waals surface area contributed by atoms with Crippen LogP contribution in [0.15, 0.2) is 66.6 Å². The monoisotopic (exact) mass is 419 g/mol. The van der Waals surface area contributed by atoms with Crippen molar-refractivity contribution >= 4 is 17.2 Å². The minimum absolute atomic E-state index is 0.133. The predicted molar refractivity (Wildman–Crippen MR) is 115 cm³/mol. The van der Waals surface area contributed by atoms with Gasteiger partial charge in [0, 0.05) is 10.9 Å². The summed E-state index contributed by atoms with van der Waals surface area (Å²) in [5.41, 5.74) is 3.41. The van der Waals surface area contributed by atoms with E-state index in [0.29, 0.717) is 17.9 Å². The van der Waals surface area contributed by atoms with Gasteiger partial charge in [-0.15, -0.1) is 11.3 Å². The molecule has 2 aromatic carbocycles. The number of nitrogens with zero attached hydrogens (tertiary/aromatic N) is 4. The normalized spacial score (nSPS) is 11.8. The molecule has 1 N–H and O–H groups in total. The standard InChI is InChI=1S/C22H21N5O2S/c1-15(17-3-7-20(8-4-17)27-14-23-13-24-27)25-22(28)18-5-9-21(10-6-18)29-11-19-12-30-16(2)26-19/h3-10,12-15H,11H2,1-2H3,(H,25,28)/t15-/m0/s1. The molecule has 0 radical (unpaired) electrons. The summed E-state index contributed by atoms with van der Waals surface area (Å²) in [6.45, 7) is 4.33.